The molecule has 2 aromatic carbocycles. The van der Waals surface area contributed by atoms with E-state index in [-0.39, 0.29) is 22.9 Å². The smallest absolute Gasteiger partial charge is 0.316 e. The summed E-state index contributed by atoms with van der Waals surface area (Å²) in [5.74, 6) is 0.200. The Bertz CT molecular complexity index is 1640. The number of para-hydroxylation sites is 1. The van der Waals surface area contributed by atoms with Crippen LogP contribution in [0.2, 0.25) is 0 Å². The van der Waals surface area contributed by atoms with Crippen molar-refractivity contribution in [1.82, 2.24) is 24.5 Å². The Labute approximate surface area is 212 Å². The zero-order valence-corrected chi connectivity index (χ0v) is 20.3. The van der Waals surface area contributed by atoms with E-state index in [1.165, 1.54) is 13.3 Å². The van der Waals surface area contributed by atoms with E-state index in [1.54, 1.807) is 17.0 Å². The molecule has 0 saturated heterocycles. The summed E-state index contributed by atoms with van der Waals surface area (Å²) in [6.45, 7) is 2.06. The molecule has 0 spiro atoms. The number of rotatable bonds is 4. The molecule has 0 unspecified atom stereocenters. The van der Waals surface area contributed by atoms with Gasteiger partial charge in [0.05, 0.1) is 18.7 Å². The second-order valence-corrected chi connectivity index (χ2v) is 7.83. The number of methoxy groups -OCH3 is 1. The molecule has 10 heteroatoms. The van der Waals surface area contributed by atoms with Crippen molar-refractivity contribution < 1.29 is 4.74 Å². The molecule has 0 aliphatic heterocycles. The third kappa shape index (κ3) is 5.21. The summed E-state index contributed by atoms with van der Waals surface area (Å²) in [4.78, 5) is 29.0. The summed E-state index contributed by atoms with van der Waals surface area (Å²) in [7, 11) is 1.53. The Morgan fingerprint density at radius 3 is 2.35 bits per heavy atom. The molecule has 0 aliphatic rings. The second kappa shape index (κ2) is 11.0. The molecule has 0 bridgehead atoms. The molecule has 5 rings (SSSR count). The van der Waals surface area contributed by atoms with Crippen LogP contribution in [0.5, 0.6) is 6.01 Å². The Kier molecular flexibility index (Phi) is 7.35. The van der Waals surface area contributed by atoms with E-state index in [9.17, 15) is 4.79 Å². The number of aryl methyl sites for hydroxylation is 1. The average molecular weight is 493 g/mol. The van der Waals surface area contributed by atoms with Crippen LogP contribution in [-0.2, 0) is 6.42 Å². The lowest BCUT2D eigenvalue weighted by Crippen LogP contribution is -2.22. The topological polar surface area (TPSA) is 159 Å². The maximum absolute atomic E-state index is 13.5. The fourth-order valence-electron chi connectivity index (χ4n) is 3.83. The summed E-state index contributed by atoms with van der Waals surface area (Å²) in [6.07, 6.45) is 5.41. The van der Waals surface area contributed by atoms with E-state index in [1.807, 2.05) is 54.6 Å². The van der Waals surface area contributed by atoms with Gasteiger partial charge in [0.1, 0.15) is 17.5 Å². The molecule has 37 heavy (non-hydrogen) atoms. The Morgan fingerprint density at radius 1 is 1.00 bits per heavy atom. The molecule has 184 valence electrons. The summed E-state index contributed by atoms with van der Waals surface area (Å²) >= 11 is 0. The molecule has 3 aromatic heterocycles. The number of benzene rings is 2. The summed E-state index contributed by atoms with van der Waals surface area (Å²) < 4.78 is 6.82. The van der Waals surface area contributed by atoms with Crippen LogP contribution in [0.25, 0.3) is 27.6 Å². The number of nitriles is 1. The van der Waals surface area contributed by atoms with Gasteiger partial charge in [-0.3, -0.25) is 9.36 Å². The first-order chi connectivity index (χ1) is 18.0. The highest BCUT2D eigenvalue weighted by Gasteiger charge is 2.14. The van der Waals surface area contributed by atoms with Gasteiger partial charge in [-0.2, -0.15) is 10.2 Å². The van der Waals surface area contributed by atoms with Gasteiger partial charge in [-0.15, -0.1) is 0 Å². The second-order valence-electron chi connectivity index (χ2n) is 7.83. The van der Waals surface area contributed by atoms with Crippen LogP contribution in [-0.4, -0.2) is 31.6 Å². The molecule has 3 heterocycles. The van der Waals surface area contributed by atoms with Crippen LogP contribution >= 0.6 is 0 Å². The molecule has 0 amide bonds. The molecule has 0 aliphatic carbocycles. The predicted molar refractivity (Wildman–Crippen MR) is 142 cm³/mol. The quantitative estimate of drug-likeness (QED) is 0.382. The highest BCUT2D eigenvalue weighted by molar-refractivity contribution is 5.96. The van der Waals surface area contributed by atoms with Gasteiger partial charge in [0, 0.05) is 29.3 Å². The molecule has 0 fully saturated rings. The number of hydrogen-bond acceptors (Lipinski definition) is 9. The minimum absolute atomic E-state index is 0.0398. The standard InChI is InChI=1S/C22H19N3O2.C5H5N5/c1-3-17-12-15-8-7-11-19(16-13-23-22(27-2)24-14-16)20(15)21(26)25(17)18-9-5-4-6-10-18;6-1-3-2-9-5(8)10-4(3)7/h4-14H,3H2,1-2H3;2H,(H4,7,8,9,10). The Hall–Kier alpha value is -5.30. The molecule has 0 saturated carbocycles. The van der Waals surface area contributed by atoms with Crippen molar-refractivity contribution in [1.29, 1.82) is 5.26 Å². The van der Waals surface area contributed by atoms with Crippen LogP contribution in [0, 0.1) is 11.3 Å². The number of nitrogens with zero attached hydrogens (tertiary/aromatic N) is 6. The van der Waals surface area contributed by atoms with Gasteiger partial charge in [0.15, 0.2) is 0 Å². The van der Waals surface area contributed by atoms with Gasteiger partial charge in [-0.25, -0.2) is 15.0 Å². The summed E-state index contributed by atoms with van der Waals surface area (Å²) in [5.41, 5.74) is 14.1. The minimum atomic E-state index is -0.0398. The number of anilines is 2. The van der Waals surface area contributed by atoms with Crippen molar-refractivity contribution in [3.63, 3.8) is 0 Å². The number of hydrogen-bond donors (Lipinski definition) is 2. The number of fused-ring (bicyclic) bond motifs is 1. The fraction of sp³-hybridized carbons (Fsp3) is 0.111. The highest BCUT2D eigenvalue weighted by Crippen LogP contribution is 2.27. The van der Waals surface area contributed by atoms with Crippen LogP contribution in [0.4, 0.5) is 11.8 Å². The fourth-order valence-corrected chi connectivity index (χ4v) is 3.83. The third-order valence-electron chi connectivity index (χ3n) is 5.58. The SMILES string of the molecule is CCc1cc2cccc(-c3cnc(OC)nc3)c2c(=O)n1-c1ccccc1.N#Cc1cnc(N)nc1N. The number of pyridine rings is 1. The molecule has 5 aromatic rings. The van der Waals surface area contributed by atoms with Gasteiger partial charge in [0.25, 0.3) is 5.56 Å². The van der Waals surface area contributed by atoms with Gasteiger partial charge in [-0.1, -0.05) is 43.3 Å². The Balaban J connectivity index is 0.000000270. The van der Waals surface area contributed by atoms with E-state index in [2.05, 4.69) is 32.9 Å². The molecule has 0 radical (unpaired) electrons. The van der Waals surface area contributed by atoms with Gasteiger partial charge in [-0.05, 0) is 35.6 Å². The maximum Gasteiger partial charge on any atom is 0.316 e. The average Bonchev–Trinajstić information content (AvgIpc) is 2.93. The van der Waals surface area contributed by atoms with Gasteiger partial charge < -0.3 is 16.2 Å². The Morgan fingerprint density at radius 2 is 1.73 bits per heavy atom. The van der Waals surface area contributed by atoms with E-state index in [0.717, 1.165) is 34.3 Å². The van der Waals surface area contributed by atoms with E-state index in [0.29, 0.717) is 11.4 Å². The third-order valence-corrected chi connectivity index (χ3v) is 5.58. The molecule has 4 N–H and O–H groups in total. The van der Waals surface area contributed by atoms with Gasteiger partial charge >= 0.3 is 6.01 Å². The number of ether oxygens (including phenoxy) is 1. The lowest BCUT2D eigenvalue weighted by atomic mass is 10.0. The van der Waals surface area contributed by atoms with Crippen LogP contribution < -0.4 is 21.8 Å². The highest BCUT2D eigenvalue weighted by atomic mass is 16.5. The lowest BCUT2D eigenvalue weighted by molar-refractivity contribution is 0.380. The minimum Gasteiger partial charge on any atom is -0.467 e. The van der Waals surface area contributed by atoms with Crippen LogP contribution in [0.1, 0.15) is 18.2 Å². The van der Waals surface area contributed by atoms with Gasteiger partial charge in [0.2, 0.25) is 5.95 Å². The van der Waals surface area contributed by atoms with Crippen molar-refractivity contribution >= 4 is 22.5 Å². The largest absolute Gasteiger partial charge is 0.467 e. The first-order valence-corrected chi connectivity index (χ1v) is 11.3. The summed E-state index contributed by atoms with van der Waals surface area (Å²) in [6, 6.07) is 19.8. The van der Waals surface area contributed by atoms with E-state index in [4.69, 9.17) is 21.5 Å². The normalized spacial score (nSPS) is 10.3. The maximum atomic E-state index is 13.5. The molecule has 0 atom stereocenters. The lowest BCUT2D eigenvalue weighted by Gasteiger charge is -2.15. The van der Waals surface area contributed by atoms with Crippen molar-refractivity contribution in [2.24, 2.45) is 0 Å². The van der Waals surface area contributed by atoms with Crippen molar-refractivity contribution in [3.05, 3.63) is 94.8 Å². The van der Waals surface area contributed by atoms with Crippen molar-refractivity contribution in [2.45, 2.75) is 13.3 Å². The van der Waals surface area contributed by atoms with E-state index >= 15 is 0 Å². The predicted octanol–water partition coefficient (Wildman–Crippen LogP) is 3.53. The van der Waals surface area contributed by atoms with Crippen LogP contribution in [0.15, 0.2) is 78.0 Å². The molecular formula is C27H24N8O2. The zero-order valence-electron chi connectivity index (χ0n) is 20.3. The number of nitrogens with two attached hydrogens (primary N) is 2. The number of nitrogen functional groups attached to an aromatic ring is 2. The van der Waals surface area contributed by atoms with Crippen molar-refractivity contribution in [2.75, 3.05) is 18.6 Å². The van der Waals surface area contributed by atoms with Crippen molar-refractivity contribution in [3.8, 4) is 28.9 Å². The van der Waals surface area contributed by atoms with E-state index < -0.39 is 0 Å². The first-order valence-electron chi connectivity index (χ1n) is 11.3. The zero-order chi connectivity index (χ0) is 26.4. The monoisotopic (exact) mass is 492 g/mol. The first kappa shape index (κ1) is 24.8. The molecular weight excluding hydrogens is 468 g/mol. The molecule has 10 nitrogen and oxygen atoms in total. The summed E-state index contributed by atoms with van der Waals surface area (Å²) in [5, 5.41) is 9.93. The van der Waals surface area contributed by atoms with Crippen LogP contribution in [0.3, 0.4) is 0 Å². The number of aromatic nitrogens is 5.